The lowest BCUT2D eigenvalue weighted by atomic mass is 10.1. The molecule has 16 heavy (non-hydrogen) atoms. The van der Waals surface area contributed by atoms with Gasteiger partial charge in [0.15, 0.2) is 6.29 Å². The molecule has 0 unspecified atom stereocenters. The van der Waals surface area contributed by atoms with E-state index in [1.165, 1.54) is 0 Å². The van der Waals surface area contributed by atoms with E-state index in [0.717, 1.165) is 0 Å². The van der Waals surface area contributed by atoms with Crippen molar-refractivity contribution in [3.8, 4) is 0 Å². The van der Waals surface area contributed by atoms with Gasteiger partial charge in [-0.3, -0.25) is 4.79 Å². The van der Waals surface area contributed by atoms with E-state index < -0.39 is 41.7 Å². The van der Waals surface area contributed by atoms with Gasteiger partial charge in [0.25, 0.3) is 6.43 Å². The quantitative estimate of drug-likeness (QED) is 0.454. The fourth-order valence-corrected chi connectivity index (χ4v) is 1.00. The number of aromatic nitrogens is 1. The number of hydrogen-bond donors (Lipinski definition) is 0. The number of hydrogen-bond acceptors (Lipinski definition) is 2. The van der Waals surface area contributed by atoms with E-state index in [1.807, 2.05) is 0 Å². The van der Waals surface area contributed by atoms with Gasteiger partial charge in [-0.25, -0.2) is 13.8 Å². The van der Waals surface area contributed by atoms with Crippen molar-refractivity contribution in [2.75, 3.05) is 0 Å². The number of alkyl halides is 5. The molecular weight excluding hydrogens is 240 g/mol. The van der Waals surface area contributed by atoms with Gasteiger partial charge in [0.2, 0.25) is 5.95 Å². The molecule has 0 fully saturated rings. The average Bonchev–Trinajstić information content (AvgIpc) is 2.14. The molecule has 1 aromatic rings. The van der Waals surface area contributed by atoms with E-state index in [0.29, 0.717) is 0 Å². The summed E-state index contributed by atoms with van der Waals surface area (Å²) in [5.41, 5.74) is -4.50. The van der Waals surface area contributed by atoms with Crippen LogP contribution in [0.4, 0.5) is 26.3 Å². The molecule has 88 valence electrons. The Kier molecular flexibility index (Phi) is 3.20. The highest BCUT2D eigenvalue weighted by Gasteiger charge is 2.36. The average molecular weight is 243 g/mol. The van der Waals surface area contributed by atoms with Crippen molar-refractivity contribution in [1.29, 1.82) is 0 Å². The van der Waals surface area contributed by atoms with E-state index in [2.05, 4.69) is 4.98 Å². The number of pyridine rings is 1. The first-order valence-electron chi connectivity index (χ1n) is 3.78. The van der Waals surface area contributed by atoms with Crippen molar-refractivity contribution < 1.29 is 31.1 Å². The summed E-state index contributed by atoms with van der Waals surface area (Å²) in [6.45, 7) is 0. The van der Waals surface area contributed by atoms with Crippen LogP contribution in [-0.2, 0) is 6.18 Å². The van der Waals surface area contributed by atoms with Gasteiger partial charge in [0.1, 0.15) is 5.69 Å². The molecule has 0 radical (unpaired) electrons. The Balaban J connectivity index is 3.49. The molecule has 0 N–H and O–H groups in total. The van der Waals surface area contributed by atoms with Crippen LogP contribution in [-0.4, -0.2) is 11.3 Å². The van der Waals surface area contributed by atoms with E-state index in [-0.39, 0.29) is 6.07 Å². The van der Waals surface area contributed by atoms with Crippen molar-refractivity contribution in [3.63, 3.8) is 0 Å². The van der Waals surface area contributed by atoms with Gasteiger partial charge < -0.3 is 0 Å². The van der Waals surface area contributed by atoms with Crippen molar-refractivity contribution in [3.05, 3.63) is 28.8 Å². The zero-order valence-electron chi connectivity index (χ0n) is 7.36. The maximum Gasteiger partial charge on any atom is 0.417 e. The summed E-state index contributed by atoms with van der Waals surface area (Å²) in [6, 6.07) is -0.0442. The van der Waals surface area contributed by atoms with Gasteiger partial charge in [-0.2, -0.15) is 17.6 Å². The first kappa shape index (κ1) is 12.5. The standard InChI is InChI=1S/C8H3F6NO/c9-6(10)5-1-4(8(12,13)14)3(2-16)7(11)15-5/h1-2,6H. The van der Waals surface area contributed by atoms with E-state index in [9.17, 15) is 31.1 Å². The molecule has 0 saturated heterocycles. The van der Waals surface area contributed by atoms with E-state index in [4.69, 9.17) is 0 Å². The van der Waals surface area contributed by atoms with Crippen LogP contribution in [0.1, 0.15) is 28.0 Å². The lowest BCUT2D eigenvalue weighted by molar-refractivity contribution is -0.138. The first-order valence-corrected chi connectivity index (χ1v) is 3.78. The molecule has 0 aliphatic rings. The molecule has 0 bridgehead atoms. The summed E-state index contributed by atoms with van der Waals surface area (Å²) in [6.07, 6.45) is -8.86. The maximum absolute atomic E-state index is 12.8. The van der Waals surface area contributed by atoms with Crippen LogP contribution >= 0.6 is 0 Å². The Bertz CT molecular complexity index is 414. The van der Waals surface area contributed by atoms with Gasteiger partial charge in [0.05, 0.1) is 11.1 Å². The highest BCUT2D eigenvalue weighted by Crippen LogP contribution is 2.34. The zero-order valence-corrected chi connectivity index (χ0v) is 7.36. The van der Waals surface area contributed by atoms with Crippen molar-refractivity contribution in [2.45, 2.75) is 12.6 Å². The van der Waals surface area contributed by atoms with Crippen LogP contribution in [0.2, 0.25) is 0 Å². The number of carbonyl (C=O) groups is 1. The summed E-state index contributed by atoms with van der Waals surface area (Å²) in [5.74, 6) is -1.86. The largest absolute Gasteiger partial charge is 0.417 e. The molecule has 0 spiro atoms. The van der Waals surface area contributed by atoms with E-state index >= 15 is 0 Å². The first-order chi connectivity index (χ1) is 7.27. The number of halogens is 6. The number of nitrogens with zero attached hydrogens (tertiary/aromatic N) is 1. The van der Waals surface area contributed by atoms with Gasteiger partial charge >= 0.3 is 6.18 Å². The second-order valence-electron chi connectivity index (χ2n) is 2.72. The second-order valence-corrected chi connectivity index (χ2v) is 2.72. The van der Waals surface area contributed by atoms with Crippen LogP contribution in [0.5, 0.6) is 0 Å². The highest BCUT2D eigenvalue weighted by atomic mass is 19.4. The molecule has 0 atom stereocenters. The summed E-state index contributed by atoms with van der Waals surface area (Å²) in [5, 5.41) is 0. The van der Waals surface area contributed by atoms with Gasteiger partial charge in [-0.1, -0.05) is 0 Å². The predicted octanol–water partition coefficient (Wildman–Crippen LogP) is 2.99. The third-order valence-electron chi connectivity index (χ3n) is 1.68. The summed E-state index contributed by atoms with van der Waals surface area (Å²) in [4.78, 5) is 12.8. The Labute approximate surface area is 84.9 Å². The van der Waals surface area contributed by atoms with Crippen LogP contribution < -0.4 is 0 Å². The normalized spacial score (nSPS) is 11.9. The summed E-state index contributed by atoms with van der Waals surface area (Å²) < 4.78 is 73.7. The van der Waals surface area contributed by atoms with Gasteiger partial charge in [-0.15, -0.1) is 0 Å². The predicted molar refractivity (Wildman–Crippen MR) is 39.5 cm³/mol. The molecular formula is C8H3F6NO. The van der Waals surface area contributed by atoms with Crippen LogP contribution in [0.15, 0.2) is 6.07 Å². The Hall–Kier alpha value is -1.60. The molecule has 1 heterocycles. The molecule has 0 aromatic carbocycles. The van der Waals surface area contributed by atoms with Crippen molar-refractivity contribution in [2.24, 2.45) is 0 Å². The molecule has 0 amide bonds. The maximum atomic E-state index is 12.8. The molecule has 1 rings (SSSR count). The minimum absolute atomic E-state index is 0.0442. The minimum atomic E-state index is -5.09. The fourth-order valence-electron chi connectivity index (χ4n) is 1.00. The summed E-state index contributed by atoms with van der Waals surface area (Å²) in [7, 11) is 0. The SMILES string of the molecule is O=Cc1c(C(F)(F)F)cc(C(F)F)nc1F. The zero-order chi connectivity index (χ0) is 12.5. The molecule has 0 saturated carbocycles. The van der Waals surface area contributed by atoms with E-state index in [1.54, 1.807) is 0 Å². The monoisotopic (exact) mass is 243 g/mol. The third-order valence-corrected chi connectivity index (χ3v) is 1.68. The van der Waals surface area contributed by atoms with Crippen LogP contribution in [0.25, 0.3) is 0 Å². The Morgan fingerprint density at radius 2 is 1.88 bits per heavy atom. The Morgan fingerprint density at radius 1 is 1.31 bits per heavy atom. The van der Waals surface area contributed by atoms with Crippen molar-refractivity contribution >= 4 is 6.29 Å². The van der Waals surface area contributed by atoms with Gasteiger partial charge in [0, 0.05) is 0 Å². The highest BCUT2D eigenvalue weighted by molar-refractivity contribution is 5.77. The molecule has 0 aliphatic carbocycles. The Morgan fingerprint density at radius 3 is 2.25 bits per heavy atom. The van der Waals surface area contributed by atoms with Gasteiger partial charge in [-0.05, 0) is 6.07 Å². The fraction of sp³-hybridized carbons (Fsp3) is 0.250. The van der Waals surface area contributed by atoms with Crippen LogP contribution in [0, 0.1) is 5.95 Å². The lowest BCUT2D eigenvalue weighted by Crippen LogP contribution is -2.13. The number of aldehydes is 1. The summed E-state index contributed by atoms with van der Waals surface area (Å²) >= 11 is 0. The van der Waals surface area contributed by atoms with Crippen LogP contribution in [0.3, 0.4) is 0 Å². The van der Waals surface area contributed by atoms with Crippen molar-refractivity contribution in [1.82, 2.24) is 4.98 Å². The topological polar surface area (TPSA) is 30.0 Å². The number of carbonyl (C=O) groups excluding carboxylic acids is 1. The third kappa shape index (κ3) is 2.31. The minimum Gasteiger partial charge on any atom is -0.298 e. The lowest BCUT2D eigenvalue weighted by Gasteiger charge is -2.11. The molecule has 0 aliphatic heterocycles. The molecule has 8 heteroatoms. The second kappa shape index (κ2) is 4.11. The molecule has 1 aromatic heterocycles. The number of rotatable bonds is 2. The smallest absolute Gasteiger partial charge is 0.298 e. The molecule has 2 nitrogen and oxygen atoms in total.